The summed E-state index contributed by atoms with van der Waals surface area (Å²) in [5.41, 5.74) is -0.147. The molecule has 0 radical (unpaired) electrons. The third kappa shape index (κ3) is 6.16. The molecule has 0 bridgehead atoms. The van der Waals surface area contributed by atoms with E-state index in [2.05, 4.69) is 18.9 Å². The van der Waals surface area contributed by atoms with Gasteiger partial charge in [0.05, 0.1) is 11.5 Å². The first-order valence-electron chi connectivity index (χ1n) is 7.07. The molecule has 0 spiro atoms. The SMILES string of the molecule is CCS(=O)(=O)O/N=C(\C#N)c1ccc(/C(C#N)=N/OS(=O)(=O)CC)cc1. The second kappa shape index (κ2) is 8.94. The summed E-state index contributed by atoms with van der Waals surface area (Å²) in [6.45, 7) is 2.71. The number of benzene rings is 1. The fourth-order valence-electron chi connectivity index (χ4n) is 1.35. The van der Waals surface area contributed by atoms with Gasteiger partial charge in [-0.15, -0.1) is 0 Å². The Hall–Kier alpha value is -2.96. The summed E-state index contributed by atoms with van der Waals surface area (Å²) in [5.74, 6) is -0.617. The van der Waals surface area contributed by atoms with Crippen LogP contribution in [0, 0.1) is 22.7 Å². The lowest BCUT2D eigenvalue weighted by Gasteiger charge is -2.02. The van der Waals surface area contributed by atoms with Gasteiger partial charge in [-0.05, 0) is 13.8 Å². The molecular weight excluding hydrogens is 384 g/mol. The summed E-state index contributed by atoms with van der Waals surface area (Å²) in [4.78, 5) is 0. The van der Waals surface area contributed by atoms with Gasteiger partial charge >= 0.3 is 20.2 Å². The predicted octanol–water partition coefficient (Wildman–Crippen LogP) is 0.875. The van der Waals surface area contributed by atoms with E-state index in [0.717, 1.165) is 0 Å². The topological polar surface area (TPSA) is 159 Å². The molecule has 1 rings (SSSR count). The summed E-state index contributed by atoms with van der Waals surface area (Å²) in [6, 6.07) is 8.83. The van der Waals surface area contributed by atoms with Gasteiger partial charge in [-0.25, -0.2) is 0 Å². The molecule has 10 nitrogen and oxygen atoms in total. The van der Waals surface area contributed by atoms with Crippen molar-refractivity contribution in [2.75, 3.05) is 11.5 Å². The molecule has 1 aromatic rings. The molecular formula is C14H14N4O6S2. The summed E-state index contributed by atoms with van der Waals surface area (Å²) < 4.78 is 53.7. The Morgan fingerprint density at radius 2 is 1.15 bits per heavy atom. The van der Waals surface area contributed by atoms with Gasteiger partial charge in [0, 0.05) is 11.1 Å². The molecule has 0 saturated heterocycles. The minimum Gasteiger partial charge on any atom is -0.267 e. The van der Waals surface area contributed by atoms with Crippen molar-refractivity contribution in [2.45, 2.75) is 13.8 Å². The lowest BCUT2D eigenvalue weighted by Crippen LogP contribution is -2.08. The highest BCUT2D eigenvalue weighted by atomic mass is 32.2. The van der Waals surface area contributed by atoms with Crippen LogP contribution in [0.3, 0.4) is 0 Å². The highest BCUT2D eigenvalue weighted by molar-refractivity contribution is 7.86. The first kappa shape index (κ1) is 21.1. The van der Waals surface area contributed by atoms with Gasteiger partial charge in [0.1, 0.15) is 12.1 Å². The average molecular weight is 398 g/mol. The second-order valence-electron chi connectivity index (χ2n) is 4.52. The lowest BCUT2D eigenvalue weighted by atomic mass is 10.1. The van der Waals surface area contributed by atoms with Crippen LogP contribution in [-0.2, 0) is 28.8 Å². The Balaban J connectivity index is 3.10. The molecule has 0 amide bonds. The summed E-state index contributed by atoms with van der Waals surface area (Å²) >= 11 is 0. The zero-order valence-electron chi connectivity index (χ0n) is 13.8. The lowest BCUT2D eigenvalue weighted by molar-refractivity contribution is 0.339. The normalized spacial score (nSPS) is 12.8. The molecule has 0 N–H and O–H groups in total. The van der Waals surface area contributed by atoms with Gasteiger partial charge in [0.2, 0.25) is 0 Å². The highest BCUT2D eigenvalue weighted by Gasteiger charge is 2.12. The van der Waals surface area contributed by atoms with E-state index >= 15 is 0 Å². The molecule has 26 heavy (non-hydrogen) atoms. The number of rotatable bonds is 8. The predicted molar refractivity (Wildman–Crippen MR) is 91.8 cm³/mol. The first-order chi connectivity index (χ1) is 12.2. The Labute approximate surface area is 151 Å². The van der Waals surface area contributed by atoms with E-state index in [1.807, 2.05) is 0 Å². The molecule has 0 aliphatic heterocycles. The van der Waals surface area contributed by atoms with E-state index in [-0.39, 0.29) is 34.1 Å². The van der Waals surface area contributed by atoms with Crippen molar-refractivity contribution in [3.8, 4) is 12.1 Å². The fourth-order valence-corrected chi connectivity index (χ4v) is 1.94. The van der Waals surface area contributed by atoms with Crippen molar-refractivity contribution in [2.24, 2.45) is 10.3 Å². The van der Waals surface area contributed by atoms with Crippen molar-refractivity contribution in [1.82, 2.24) is 0 Å². The Morgan fingerprint density at radius 1 is 0.846 bits per heavy atom. The molecule has 0 heterocycles. The number of nitrogens with zero attached hydrogens (tertiary/aromatic N) is 4. The van der Waals surface area contributed by atoms with E-state index in [9.17, 15) is 16.8 Å². The quantitative estimate of drug-likeness (QED) is 0.460. The van der Waals surface area contributed by atoms with Gasteiger partial charge in [-0.1, -0.05) is 34.6 Å². The smallest absolute Gasteiger partial charge is 0.267 e. The van der Waals surface area contributed by atoms with Crippen LogP contribution < -0.4 is 0 Å². The third-order valence-corrected chi connectivity index (χ3v) is 4.85. The Kier molecular flexibility index (Phi) is 7.25. The number of hydrogen-bond acceptors (Lipinski definition) is 10. The number of nitriles is 2. The van der Waals surface area contributed by atoms with E-state index < -0.39 is 20.2 Å². The van der Waals surface area contributed by atoms with Gasteiger partial charge in [0.25, 0.3) is 0 Å². The van der Waals surface area contributed by atoms with Crippen molar-refractivity contribution in [3.63, 3.8) is 0 Å². The molecule has 0 saturated carbocycles. The molecule has 1 aromatic carbocycles. The Morgan fingerprint density at radius 3 is 1.38 bits per heavy atom. The van der Waals surface area contributed by atoms with Crippen LogP contribution in [-0.4, -0.2) is 39.8 Å². The van der Waals surface area contributed by atoms with Crippen LogP contribution in [0.25, 0.3) is 0 Å². The zero-order valence-corrected chi connectivity index (χ0v) is 15.4. The third-order valence-electron chi connectivity index (χ3n) is 2.83. The maximum absolute atomic E-state index is 11.3. The molecule has 0 aliphatic carbocycles. The molecule has 0 unspecified atom stereocenters. The van der Waals surface area contributed by atoms with Gasteiger partial charge < -0.3 is 0 Å². The molecule has 0 fully saturated rings. The molecule has 0 atom stereocenters. The maximum atomic E-state index is 11.3. The van der Waals surface area contributed by atoms with E-state index in [1.165, 1.54) is 38.1 Å². The zero-order chi connectivity index (χ0) is 19.8. The standard InChI is InChI=1S/C14H14N4O6S2/c1-3-25(19,20)23-17-13(9-15)11-5-7-12(8-6-11)14(10-16)18-24-26(21,22)4-2/h5-8H,3-4H2,1-2H3/b17-13+,18-14+. The van der Waals surface area contributed by atoms with Gasteiger partial charge in [0.15, 0.2) is 11.4 Å². The molecule has 0 aromatic heterocycles. The van der Waals surface area contributed by atoms with Crippen LogP contribution in [0.4, 0.5) is 0 Å². The van der Waals surface area contributed by atoms with Gasteiger partial charge in [-0.3, -0.25) is 8.57 Å². The minimum atomic E-state index is -3.86. The van der Waals surface area contributed by atoms with Crippen molar-refractivity contribution >= 4 is 31.7 Å². The van der Waals surface area contributed by atoms with E-state index in [0.29, 0.717) is 0 Å². The monoisotopic (exact) mass is 398 g/mol. The van der Waals surface area contributed by atoms with Gasteiger partial charge in [-0.2, -0.15) is 27.4 Å². The summed E-state index contributed by atoms with van der Waals surface area (Å²) in [6.07, 6.45) is 0. The average Bonchev–Trinajstić information content (AvgIpc) is 2.63. The van der Waals surface area contributed by atoms with Crippen LogP contribution in [0.1, 0.15) is 25.0 Å². The van der Waals surface area contributed by atoms with E-state index in [4.69, 9.17) is 10.5 Å². The summed E-state index contributed by atoms with van der Waals surface area (Å²) in [5, 5.41) is 24.7. The number of oxime groups is 2. The molecule has 138 valence electrons. The van der Waals surface area contributed by atoms with Crippen LogP contribution in [0.15, 0.2) is 34.6 Å². The van der Waals surface area contributed by atoms with Crippen LogP contribution in [0.5, 0.6) is 0 Å². The first-order valence-corrected chi connectivity index (χ1v) is 10.2. The highest BCUT2D eigenvalue weighted by Crippen LogP contribution is 2.09. The van der Waals surface area contributed by atoms with Crippen molar-refractivity contribution in [1.29, 1.82) is 10.5 Å². The fraction of sp³-hybridized carbons (Fsp3) is 0.286. The molecule has 0 aliphatic rings. The van der Waals surface area contributed by atoms with E-state index in [1.54, 1.807) is 12.1 Å². The molecule has 12 heteroatoms. The van der Waals surface area contributed by atoms with Crippen LogP contribution in [0.2, 0.25) is 0 Å². The van der Waals surface area contributed by atoms with Crippen LogP contribution >= 0.6 is 0 Å². The Bertz CT molecular complexity index is 914. The largest absolute Gasteiger partial charge is 0.328 e. The minimum absolute atomic E-state index is 0.224. The maximum Gasteiger partial charge on any atom is 0.328 e. The van der Waals surface area contributed by atoms with Crippen molar-refractivity contribution in [3.05, 3.63) is 35.4 Å². The van der Waals surface area contributed by atoms with Crippen molar-refractivity contribution < 1.29 is 25.4 Å². The summed E-state index contributed by atoms with van der Waals surface area (Å²) in [7, 11) is -7.71. The number of hydrogen-bond donors (Lipinski definition) is 0. The second-order valence-corrected chi connectivity index (χ2v) is 8.21.